The van der Waals surface area contributed by atoms with Crippen LogP contribution >= 0.6 is 0 Å². The van der Waals surface area contributed by atoms with E-state index in [0.717, 1.165) is 31.2 Å². The minimum Gasteiger partial charge on any atom is -0.507 e. The van der Waals surface area contributed by atoms with Gasteiger partial charge >= 0.3 is 0 Å². The molecule has 1 N–H and O–H groups in total. The van der Waals surface area contributed by atoms with Crippen LogP contribution in [0, 0.1) is 5.92 Å². The normalized spacial score (nSPS) is 21.3. The summed E-state index contributed by atoms with van der Waals surface area (Å²) in [6.07, 6.45) is 7.09. The van der Waals surface area contributed by atoms with E-state index in [0.29, 0.717) is 23.8 Å². The molecular weight excluding hydrogens is 392 g/mol. The number of aliphatic hydroxyl groups is 1. The van der Waals surface area contributed by atoms with Gasteiger partial charge in [-0.3, -0.25) is 14.6 Å². The Morgan fingerprint density at radius 1 is 1.16 bits per heavy atom. The van der Waals surface area contributed by atoms with E-state index in [2.05, 4.69) is 18.8 Å². The fourth-order valence-electron chi connectivity index (χ4n) is 4.43. The van der Waals surface area contributed by atoms with E-state index >= 15 is 0 Å². The van der Waals surface area contributed by atoms with Gasteiger partial charge in [0.2, 0.25) is 0 Å². The van der Waals surface area contributed by atoms with Gasteiger partial charge in [0.05, 0.1) is 18.2 Å². The molecule has 6 heteroatoms. The Bertz CT molecular complexity index is 994. The smallest absolute Gasteiger partial charge is 0.295 e. The summed E-state index contributed by atoms with van der Waals surface area (Å²) in [5, 5.41) is 11.2. The van der Waals surface area contributed by atoms with Gasteiger partial charge in [0.15, 0.2) is 0 Å². The van der Waals surface area contributed by atoms with E-state index in [-0.39, 0.29) is 17.4 Å². The van der Waals surface area contributed by atoms with Gasteiger partial charge in [-0.15, -0.1) is 0 Å². The Morgan fingerprint density at radius 3 is 2.55 bits per heavy atom. The molecular formula is C25H28N2O4. The number of carbonyl (C=O) groups excluding carboxylic acids is 2. The number of pyridine rings is 1. The van der Waals surface area contributed by atoms with Crippen LogP contribution in [0.2, 0.25) is 0 Å². The second kappa shape index (κ2) is 8.92. The topological polar surface area (TPSA) is 79.7 Å². The third-order valence-electron chi connectivity index (χ3n) is 5.91. The molecule has 2 heterocycles. The number of aliphatic hydroxyl groups excluding tert-OH is 1. The Kier molecular flexibility index (Phi) is 6.07. The molecule has 1 saturated carbocycles. The molecule has 6 nitrogen and oxygen atoms in total. The predicted molar refractivity (Wildman–Crippen MR) is 117 cm³/mol. The van der Waals surface area contributed by atoms with Crippen LogP contribution in [0.3, 0.4) is 0 Å². The second-order valence-electron chi connectivity index (χ2n) is 8.66. The van der Waals surface area contributed by atoms with Gasteiger partial charge in [0.25, 0.3) is 11.7 Å². The molecule has 1 amide bonds. The number of carbonyl (C=O) groups is 2. The number of amides is 1. The lowest BCUT2D eigenvalue weighted by Gasteiger charge is -2.30. The number of Topliss-reactive ketones (excluding diaryl/α,β-unsaturated/α-hetero) is 1. The summed E-state index contributed by atoms with van der Waals surface area (Å²) in [5.74, 6) is -0.373. The van der Waals surface area contributed by atoms with Crippen molar-refractivity contribution in [2.24, 2.45) is 5.92 Å². The van der Waals surface area contributed by atoms with Crippen LogP contribution in [0.5, 0.6) is 5.75 Å². The largest absolute Gasteiger partial charge is 0.507 e. The van der Waals surface area contributed by atoms with Crippen molar-refractivity contribution in [3.63, 3.8) is 0 Å². The number of ether oxygens (including phenoxy) is 1. The van der Waals surface area contributed by atoms with Crippen LogP contribution in [-0.2, 0) is 9.59 Å². The van der Waals surface area contributed by atoms with Gasteiger partial charge in [-0.1, -0.05) is 38.8 Å². The number of rotatable bonds is 6. The van der Waals surface area contributed by atoms with Gasteiger partial charge in [-0.2, -0.15) is 0 Å². The van der Waals surface area contributed by atoms with Crippen molar-refractivity contribution in [1.82, 2.24) is 9.88 Å². The maximum atomic E-state index is 13.1. The van der Waals surface area contributed by atoms with Crippen molar-refractivity contribution in [1.29, 1.82) is 0 Å². The minimum absolute atomic E-state index is 0.000578. The summed E-state index contributed by atoms with van der Waals surface area (Å²) < 4.78 is 5.78. The zero-order valence-electron chi connectivity index (χ0n) is 18.0. The van der Waals surface area contributed by atoms with Crippen molar-refractivity contribution < 1.29 is 19.4 Å². The summed E-state index contributed by atoms with van der Waals surface area (Å²) in [6, 6.07) is 10.0. The number of aromatic nitrogens is 1. The quantitative estimate of drug-likeness (QED) is 0.423. The number of hydrogen-bond acceptors (Lipinski definition) is 5. The van der Waals surface area contributed by atoms with Crippen LogP contribution < -0.4 is 4.74 Å². The van der Waals surface area contributed by atoms with E-state index in [9.17, 15) is 14.7 Å². The molecule has 1 aliphatic carbocycles. The highest BCUT2D eigenvalue weighted by atomic mass is 16.5. The van der Waals surface area contributed by atoms with Crippen molar-refractivity contribution >= 4 is 17.4 Å². The molecule has 2 aliphatic rings. The maximum absolute atomic E-state index is 13.1. The zero-order chi connectivity index (χ0) is 22.0. The molecule has 0 spiro atoms. The molecule has 1 atom stereocenters. The molecule has 1 saturated heterocycles. The highest BCUT2D eigenvalue weighted by molar-refractivity contribution is 6.46. The van der Waals surface area contributed by atoms with Gasteiger partial charge in [-0.25, -0.2) is 0 Å². The predicted octanol–water partition coefficient (Wildman–Crippen LogP) is 4.48. The van der Waals surface area contributed by atoms with E-state index in [1.54, 1.807) is 47.6 Å². The molecule has 162 valence electrons. The summed E-state index contributed by atoms with van der Waals surface area (Å²) in [7, 11) is 0. The standard InChI is InChI=1S/C25H28N2O4/c1-16(2)15-31-20-9-5-6-18(14-20)23(28)21-22(17-10-12-26-13-11-17)27(25(30)24(21)29)19-7-3-4-8-19/h5-6,9-14,16,19,22,28H,3-4,7-8,15H2,1-2H3/b23-21-. The lowest BCUT2D eigenvalue weighted by atomic mass is 9.95. The number of benzene rings is 1. The summed E-state index contributed by atoms with van der Waals surface area (Å²) in [5.41, 5.74) is 1.36. The second-order valence-corrected chi connectivity index (χ2v) is 8.66. The third kappa shape index (κ3) is 4.20. The molecule has 1 aliphatic heterocycles. The van der Waals surface area contributed by atoms with E-state index in [1.807, 2.05) is 6.07 Å². The number of nitrogens with zero attached hydrogens (tertiary/aromatic N) is 2. The zero-order valence-corrected chi connectivity index (χ0v) is 18.0. The highest BCUT2D eigenvalue weighted by Crippen LogP contribution is 2.43. The van der Waals surface area contributed by atoms with Crippen LogP contribution in [-0.4, -0.2) is 39.3 Å². The molecule has 1 unspecified atom stereocenters. The fraction of sp³-hybridized carbons (Fsp3) is 0.400. The van der Waals surface area contributed by atoms with Crippen molar-refractivity contribution in [2.45, 2.75) is 51.6 Å². The average Bonchev–Trinajstić information content (AvgIpc) is 3.39. The number of ketones is 1. The molecule has 2 aromatic rings. The van der Waals surface area contributed by atoms with E-state index in [1.165, 1.54) is 0 Å². The summed E-state index contributed by atoms with van der Waals surface area (Å²) in [4.78, 5) is 31.9. The first kappa shape index (κ1) is 21.1. The van der Waals surface area contributed by atoms with Crippen molar-refractivity contribution in [2.75, 3.05) is 6.61 Å². The van der Waals surface area contributed by atoms with E-state index in [4.69, 9.17) is 4.74 Å². The van der Waals surface area contributed by atoms with Gasteiger partial charge < -0.3 is 14.7 Å². The minimum atomic E-state index is -0.639. The van der Waals surface area contributed by atoms with E-state index < -0.39 is 17.7 Å². The average molecular weight is 421 g/mol. The van der Waals surface area contributed by atoms with Gasteiger partial charge in [0, 0.05) is 24.0 Å². The summed E-state index contributed by atoms with van der Waals surface area (Å²) in [6.45, 7) is 4.67. The first-order valence-electron chi connectivity index (χ1n) is 10.9. The number of likely N-dealkylation sites (tertiary alicyclic amines) is 1. The Balaban J connectivity index is 1.79. The fourth-order valence-corrected chi connectivity index (χ4v) is 4.43. The van der Waals surface area contributed by atoms with Crippen molar-refractivity contribution in [3.05, 3.63) is 65.5 Å². The van der Waals surface area contributed by atoms with Crippen molar-refractivity contribution in [3.8, 4) is 5.75 Å². The number of hydrogen-bond donors (Lipinski definition) is 1. The third-order valence-corrected chi connectivity index (χ3v) is 5.91. The SMILES string of the molecule is CC(C)COc1cccc(/C(O)=C2/C(=O)C(=O)N(C3CCCC3)C2c2ccncc2)c1. The van der Waals surface area contributed by atoms with Gasteiger partial charge in [0.1, 0.15) is 11.5 Å². The molecule has 31 heavy (non-hydrogen) atoms. The maximum Gasteiger partial charge on any atom is 0.295 e. The molecule has 1 aromatic heterocycles. The molecule has 2 fully saturated rings. The first-order valence-corrected chi connectivity index (χ1v) is 10.9. The Hall–Kier alpha value is -3.15. The van der Waals surface area contributed by atoms with Crippen LogP contribution in [0.15, 0.2) is 54.4 Å². The Morgan fingerprint density at radius 2 is 1.87 bits per heavy atom. The summed E-state index contributed by atoms with van der Waals surface area (Å²) >= 11 is 0. The van der Waals surface area contributed by atoms with Gasteiger partial charge in [-0.05, 0) is 48.6 Å². The monoisotopic (exact) mass is 420 g/mol. The molecule has 1 aromatic carbocycles. The first-order chi connectivity index (χ1) is 15.0. The molecule has 0 radical (unpaired) electrons. The molecule has 4 rings (SSSR count). The lowest BCUT2D eigenvalue weighted by molar-refractivity contribution is -0.141. The molecule has 0 bridgehead atoms. The lowest BCUT2D eigenvalue weighted by Crippen LogP contribution is -2.37. The van der Waals surface area contributed by atoms with Crippen LogP contribution in [0.25, 0.3) is 5.76 Å². The Labute approximate surface area is 182 Å². The highest BCUT2D eigenvalue weighted by Gasteiger charge is 2.49. The van der Waals surface area contributed by atoms with Crippen LogP contribution in [0.1, 0.15) is 56.7 Å². The van der Waals surface area contributed by atoms with Crippen LogP contribution in [0.4, 0.5) is 0 Å².